The Balaban J connectivity index is 1.80. The van der Waals surface area contributed by atoms with Crippen LogP contribution in [0, 0.1) is 18.6 Å². The Hall–Kier alpha value is -1.45. The van der Waals surface area contributed by atoms with Gasteiger partial charge in [-0.25, -0.2) is 22.2 Å². The number of hydrogen-bond acceptors (Lipinski definition) is 4. The standard InChI is InChI=1S/C16H19F2N3O2S2/c1-11-19-16(10-20(11)2)25(22,23)21-6-5-15(24-8-7-21)13-9-12(17)3-4-14(13)18/h3-4,9-10,15H,5-8H2,1-2H3/t15-/m0/s1. The van der Waals surface area contributed by atoms with Gasteiger partial charge in [-0.15, -0.1) is 0 Å². The second-order valence-corrected chi connectivity index (χ2v) is 9.15. The lowest BCUT2D eigenvalue weighted by molar-refractivity contribution is 0.424. The first-order valence-corrected chi connectivity index (χ1v) is 10.3. The Morgan fingerprint density at radius 3 is 2.72 bits per heavy atom. The molecule has 1 aromatic heterocycles. The van der Waals surface area contributed by atoms with Crippen molar-refractivity contribution in [3.8, 4) is 0 Å². The maximum atomic E-state index is 14.0. The Kier molecular flexibility index (Phi) is 5.17. The van der Waals surface area contributed by atoms with Crippen molar-refractivity contribution in [3.05, 3.63) is 47.4 Å². The largest absolute Gasteiger partial charge is 0.337 e. The SMILES string of the molecule is Cc1nc(S(=O)(=O)N2CCS[C@H](c3cc(F)ccc3F)CC2)cn1C. The van der Waals surface area contributed by atoms with Crippen molar-refractivity contribution < 1.29 is 17.2 Å². The van der Waals surface area contributed by atoms with Crippen molar-refractivity contribution in [3.63, 3.8) is 0 Å². The van der Waals surface area contributed by atoms with Crippen molar-refractivity contribution in [1.82, 2.24) is 13.9 Å². The van der Waals surface area contributed by atoms with Crippen molar-refractivity contribution in [2.45, 2.75) is 23.6 Å². The van der Waals surface area contributed by atoms with E-state index >= 15 is 0 Å². The van der Waals surface area contributed by atoms with Crippen LogP contribution in [0.4, 0.5) is 8.78 Å². The van der Waals surface area contributed by atoms with Crippen LogP contribution in [-0.2, 0) is 17.1 Å². The molecule has 0 amide bonds. The fourth-order valence-electron chi connectivity index (χ4n) is 2.78. The van der Waals surface area contributed by atoms with Gasteiger partial charge in [-0.1, -0.05) is 0 Å². The number of hydrogen-bond donors (Lipinski definition) is 0. The van der Waals surface area contributed by atoms with E-state index in [4.69, 9.17) is 0 Å². The van der Waals surface area contributed by atoms with Gasteiger partial charge in [0.1, 0.15) is 17.5 Å². The Morgan fingerprint density at radius 1 is 1.28 bits per heavy atom. The molecule has 5 nitrogen and oxygen atoms in total. The average Bonchev–Trinajstić information content (AvgIpc) is 2.77. The summed E-state index contributed by atoms with van der Waals surface area (Å²) in [5, 5.41) is -0.255. The van der Waals surface area contributed by atoms with Crippen LogP contribution in [0.25, 0.3) is 0 Å². The van der Waals surface area contributed by atoms with Gasteiger partial charge >= 0.3 is 0 Å². The average molecular weight is 387 g/mol. The first kappa shape index (κ1) is 18.3. The molecule has 0 bridgehead atoms. The van der Waals surface area contributed by atoms with E-state index in [0.29, 0.717) is 24.5 Å². The van der Waals surface area contributed by atoms with Crippen LogP contribution in [0.1, 0.15) is 23.1 Å². The number of sulfonamides is 1. The molecular weight excluding hydrogens is 368 g/mol. The Bertz CT molecular complexity index is 864. The van der Waals surface area contributed by atoms with Crippen molar-refractivity contribution >= 4 is 21.8 Å². The second kappa shape index (κ2) is 7.05. The van der Waals surface area contributed by atoms with Gasteiger partial charge in [0, 0.05) is 42.9 Å². The second-order valence-electron chi connectivity index (χ2n) is 5.96. The number of halogens is 2. The number of aromatic nitrogens is 2. The van der Waals surface area contributed by atoms with Crippen molar-refractivity contribution in [2.75, 3.05) is 18.8 Å². The molecule has 0 spiro atoms. The third-order valence-electron chi connectivity index (χ3n) is 4.30. The maximum absolute atomic E-state index is 14.0. The molecule has 0 saturated carbocycles. The van der Waals surface area contributed by atoms with Crippen LogP contribution in [0.15, 0.2) is 29.4 Å². The van der Waals surface area contributed by atoms with E-state index in [-0.39, 0.29) is 22.4 Å². The minimum Gasteiger partial charge on any atom is -0.337 e. The summed E-state index contributed by atoms with van der Waals surface area (Å²) in [5.74, 6) is 0.166. The highest BCUT2D eigenvalue weighted by atomic mass is 32.2. The molecular formula is C16H19F2N3O2S2. The minimum atomic E-state index is -3.69. The third kappa shape index (κ3) is 3.73. The van der Waals surface area contributed by atoms with Gasteiger partial charge in [0.2, 0.25) is 0 Å². The highest BCUT2D eigenvalue weighted by Gasteiger charge is 2.31. The molecule has 1 aliphatic rings. The lowest BCUT2D eigenvalue weighted by atomic mass is 10.1. The summed E-state index contributed by atoms with van der Waals surface area (Å²) in [6, 6.07) is 3.39. The zero-order valence-electron chi connectivity index (χ0n) is 13.9. The van der Waals surface area contributed by atoms with E-state index in [1.165, 1.54) is 28.3 Å². The first-order chi connectivity index (χ1) is 11.8. The van der Waals surface area contributed by atoms with E-state index < -0.39 is 21.7 Å². The van der Waals surface area contributed by atoms with Gasteiger partial charge in [0.25, 0.3) is 10.0 Å². The molecule has 136 valence electrons. The fourth-order valence-corrected chi connectivity index (χ4v) is 5.62. The van der Waals surface area contributed by atoms with Crippen LogP contribution < -0.4 is 0 Å². The summed E-state index contributed by atoms with van der Waals surface area (Å²) < 4.78 is 56.0. The van der Waals surface area contributed by atoms with Crippen LogP contribution in [0.5, 0.6) is 0 Å². The Labute approximate surface area is 150 Å². The number of nitrogens with zero attached hydrogens (tertiary/aromatic N) is 3. The molecule has 1 aromatic carbocycles. The molecule has 0 radical (unpaired) electrons. The smallest absolute Gasteiger partial charge is 0.262 e. The summed E-state index contributed by atoms with van der Waals surface area (Å²) in [6.45, 7) is 2.29. The van der Waals surface area contributed by atoms with E-state index in [9.17, 15) is 17.2 Å². The predicted octanol–water partition coefficient (Wildman–Crippen LogP) is 2.88. The fraction of sp³-hybridized carbons (Fsp3) is 0.438. The molecule has 1 atom stereocenters. The van der Waals surface area contributed by atoms with Crippen molar-refractivity contribution in [1.29, 1.82) is 0 Å². The summed E-state index contributed by atoms with van der Waals surface area (Å²) in [5.41, 5.74) is 0.290. The number of rotatable bonds is 3. The highest BCUT2D eigenvalue weighted by molar-refractivity contribution is 7.99. The van der Waals surface area contributed by atoms with Gasteiger partial charge < -0.3 is 4.57 Å². The van der Waals surface area contributed by atoms with Crippen molar-refractivity contribution in [2.24, 2.45) is 7.05 Å². The van der Waals surface area contributed by atoms with E-state index in [1.807, 2.05) is 0 Å². The number of aryl methyl sites for hydroxylation is 2. The van der Waals surface area contributed by atoms with E-state index in [2.05, 4.69) is 4.98 Å². The molecule has 9 heteroatoms. The normalized spacial score (nSPS) is 19.8. The zero-order chi connectivity index (χ0) is 18.2. The lowest BCUT2D eigenvalue weighted by Crippen LogP contribution is -2.33. The molecule has 0 N–H and O–H groups in total. The summed E-state index contributed by atoms with van der Waals surface area (Å²) in [7, 11) is -1.95. The van der Waals surface area contributed by atoms with Crippen LogP contribution in [-0.4, -0.2) is 41.1 Å². The molecule has 0 unspecified atom stereocenters. The van der Waals surface area contributed by atoms with E-state index in [1.54, 1.807) is 18.5 Å². The first-order valence-electron chi connectivity index (χ1n) is 7.85. The zero-order valence-corrected chi connectivity index (χ0v) is 15.6. The molecule has 0 aliphatic carbocycles. The van der Waals surface area contributed by atoms with Gasteiger partial charge in [-0.2, -0.15) is 16.1 Å². The maximum Gasteiger partial charge on any atom is 0.262 e. The highest BCUT2D eigenvalue weighted by Crippen LogP contribution is 2.37. The molecule has 1 aliphatic heterocycles. The molecule has 2 heterocycles. The summed E-state index contributed by atoms with van der Waals surface area (Å²) in [4.78, 5) is 4.11. The third-order valence-corrected chi connectivity index (χ3v) is 7.38. The number of imidazole rings is 1. The van der Waals surface area contributed by atoms with Gasteiger partial charge in [0.05, 0.1) is 0 Å². The lowest BCUT2D eigenvalue weighted by Gasteiger charge is -2.18. The van der Waals surface area contributed by atoms with E-state index in [0.717, 1.165) is 12.1 Å². The quantitative estimate of drug-likeness (QED) is 0.813. The monoisotopic (exact) mass is 387 g/mol. The summed E-state index contributed by atoms with van der Waals surface area (Å²) >= 11 is 1.45. The topological polar surface area (TPSA) is 55.2 Å². The summed E-state index contributed by atoms with van der Waals surface area (Å²) in [6.07, 6.45) is 1.91. The molecule has 2 aromatic rings. The minimum absolute atomic E-state index is 0.0212. The van der Waals surface area contributed by atoms with Gasteiger partial charge in [-0.3, -0.25) is 0 Å². The number of thioether (sulfide) groups is 1. The molecule has 25 heavy (non-hydrogen) atoms. The van der Waals surface area contributed by atoms with Crippen LogP contribution in [0.2, 0.25) is 0 Å². The van der Waals surface area contributed by atoms with Crippen LogP contribution in [0.3, 0.4) is 0 Å². The molecule has 3 rings (SSSR count). The van der Waals surface area contributed by atoms with Gasteiger partial charge in [-0.05, 0) is 31.5 Å². The predicted molar refractivity (Wildman–Crippen MR) is 92.9 cm³/mol. The number of benzene rings is 1. The van der Waals surface area contributed by atoms with Gasteiger partial charge in [0.15, 0.2) is 5.03 Å². The van der Waals surface area contributed by atoms with Crippen LogP contribution >= 0.6 is 11.8 Å². The Morgan fingerprint density at radius 2 is 2.04 bits per heavy atom. The molecule has 1 saturated heterocycles. The molecule has 1 fully saturated rings.